The van der Waals surface area contributed by atoms with E-state index in [-0.39, 0.29) is 5.91 Å². The third-order valence-corrected chi connectivity index (χ3v) is 4.36. The van der Waals surface area contributed by atoms with E-state index in [1.807, 2.05) is 29.0 Å². The molecular formula is C18H24N4O. The van der Waals surface area contributed by atoms with Crippen LogP contribution in [0.2, 0.25) is 0 Å². The number of amides is 1. The van der Waals surface area contributed by atoms with Gasteiger partial charge in [0.15, 0.2) is 0 Å². The van der Waals surface area contributed by atoms with Gasteiger partial charge in [-0.3, -0.25) is 4.79 Å². The number of rotatable bonds is 6. The van der Waals surface area contributed by atoms with E-state index >= 15 is 0 Å². The maximum atomic E-state index is 12.1. The molecule has 5 nitrogen and oxygen atoms in total. The number of hydrogen-bond donors (Lipinski definition) is 2. The van der Waals surface area contributed by atoms with E-state index in [1.165, 1.54) is 18.4 Å². The number of aromatic nitrogens is 2. The van der Waals surface area contributed by atoms with Crippen molar-refractivity contribution in [3.8, 4) is 0 Å². The smallest absolute Gasteiger partial charge is 0.237 e. The zero-order valence-electron chi connectivity index (χ0n) is 13.3. The van der Waals surface area contributed by atoms with Crippen LogP contribution in [-0.4, -0.2) is 27.5 Å². The number of hydrogen-bond acceptors (Lipinski definition) is 3. The zero-order chi connectivity index (χ0) is 16.1. The summed E-state index contributed by atoms with van der Waals surface area (Å²) in [6, 6.07) is 10.00. The van der Waals surface area contributed by atoms with Crippen molar-refractivity contribution in [1.29, 1.82) is 0 Å². The van der Waals surface area contributed by atoms with Crippen molar-refractivity contribution in [3.05, 3.63) is 54.1 Å². The van der Waals surface area contributed by atoms with Crippen LogP contribution in [0.4, 0.5) is 0 Å². The van der Waals surface area contributed by atoms with Crippen molar-refractivity contribution in [3.63, 3.8) is 0 Å². The molecule has 2 aromatic rings. The van der Waals surface area contributed by atoms with Crippen LogP contribution >= 0.6 is 0 Å². The Bertz CT molecular complexity index is 631. The van der Waals surface area contributed by atoms with Gasteiger partial charge in [-0.15, -0.1) is 0 Å². The standard InChI is InChI=1S/C18H24N4O/c19-17(18(23)21-15-8-4-5-9-15)10-16-12-22(13-20-16)11-14-6-2-1-3-7-14/h1-3,6-7,12-13,15,17H,4-5,8-11,19H2,(H,21,23)/t17-/m0/s1. The number of nitrogens with one attached hydrogen (secondary N) is 1. The molecule has 0 saturated heterocycles. The summed E-state index contributed by atoms with van der Waals surface area (Å²) < 4.78 is 2.02. The Balaban J connectivity index is 1.52. The van der Waals surface area contributed by atoms with E-state index in [4.69, 9.17) is 5.73 Å². The molecule has 23 heavy (non-hydrogen) atoms. The predicted molar refractivity (Wildman–Crippen MR) is 89.8 cm³/mol. The fourth-order valence-electron chi connectivity index (χ4n) is 3.09. The fraction of sp³-hybridized carbons (Fsp3) is 0.444. The quantitative estimate of drug-likeness (QED) is 0.855. The molecule has 0 radical (unpaired) electrons. The summed E-state index contributed by atoms with van der Waals surface area (Å²) in [7, 11) is 0. The van der Waals surface area contributed by atoms with Gasteiger partial charge in [0.2, 0.25) is 5.91 Å². The molecule has 122 valence electrons. The molecule has 1 amide bonds. The summed E-state index contributed by atoms with van der Waals surface area (Å²) in [4.78, 5) is 16.5. The molecule has 3 N–H and O–H groups in total. The highest BCUT2D eigenvalue weighted by molar-refractivity contribution is 5.82. The summed E-state index contributed by atoms with van der Waals surface area (Å²) in [5, 5.41) is 3.05. The first kappa shape index (κ1) is 15.7. The zero-order valence-corrected chi connectivity index (χ0v) is 13.3. The van der Waals surface area contributed by atoms with Crippen LogP contribution in [0.3, 0.4) is 0 Å². The van der Waals surface area contributed by atoms with Crippen LogP contribution in [0.25, 0.3) is 0 Å². The highest BCUT2D eigenvalue weighted by Gasteiger charge is 2.21. The van der Waals surface area contributed by atoms with E-state index in [2.05, 4.69) is 22.4 Å². The maximum absolute atomic E-state index is 12.1. The second-order valence-electron chi connectivity index (χ2n) is 6.32. The second-order valence-corrected chi connectivity index (χ2v) is 6.32. The Kier molecular flexibility index (Phi) is 5.08. The molecule has 0 aliphatic heterocycles. The number of imidazole rings is 1. The predicted octanol–water partition coefficient (Wildman–Crippen LogP) is 1.86. The number of carbonyl (C=O) groups is 1. The topological polar surface area (TPSA) is 72.9 Å². The summed E-state index contributed by atoms with van der Waals surface area (Å²) >= 11 is 0. The molecule has 1 aromatic heterocycles. The van der Waals surface area contributed by atoms with Gasteiger partial charge in [0.1, 0.15) is 0 Å². The molecule has 5 heteroatoms. The number of benzene rings is 1. The molecule has 3 rings (SSSR count). The van der Waals surface area contributed by atoms with Crippen molar-refractivity contribution in [2.75, 3.05) is 0 Å². The molecule has 0 unspecified atom stereocenters. The van der Waals surface area contributed by atoms with Gasteiger partial charge in [-0.05, 0) is 18.4 Å². The minimum absolute atomic E-state index is 0.0606. The number of nitrogens with zero attached hydrogens (tertiary/aromatic N) is 2. The van der Waals surface area contributed by atoms with Gasteiger partial charge in [-0.25, -0.2) is 4.98 Å². The van der Waals surface area contributed by atoms with Crippen LogP contribution in [0, 0.1) is 0 Å². The van der Waals surface area contributed by atoms with E-state index < -0.39 is 6.04 Å². The SMILES string of the molecule is N[C@@H](Cc1cn(Cc2ccccc2)cn1)C(=O)NC1CCCC1. The van der Waals surface area contributed by atoms with Gasteiger partial charge in [0.05, 0.1) is 18.1 Å². The van der Waals surface area contributed by atoms with Crippen molar-refractivity contribution < 1.29 is 4.79 Å². The van der Waals surface area contributed by atoms with Crippen LogP contribution in [0.1, 0.15) is 36.9 Å². The highest BCUT2D eigenvalue weighted by atomic mass is 16.2. The summed E-state index contributed by atoms with van der Waals surface area (Å²) in [5.74, 6) is -0.0606. The summed E-state index contributed by atoms with van der Waals surface area (Å²) in [5.41, 5.74) is 8.11. The number of carbonyl (C=O) groups excluding carboxylic acids is 1. The Hall–Kier alpha value is -2.14. The molecule has 1 saturated carbocycles. The lowest BCUT2D eigenvalue weighted by Crippen LogP contribution is -2.45. The van der Waals surface area contributed by atoms with Crippen molar-refractivity contribution in [1.82, 2.24) is 14.9 Å². The highest BCUT2D eigenvalue weighted by Crippen LogP contribution is 2.17. The molecule has 1 aromatic carbocycles. The molecule has 1 atom stereocenters. The lowest BCUT2D eigenvalue weighted by atomic mass is 10.1. The summed E-state index contributed by atoms with van der Waals surface area (Å²) in [6.07, 6.45) is 8.78. The second kappa shape index (κ2) is 7.42. The lowest BCUT2D eigenvalue weighted by Gasteiger charge is -2.15. The third-order valence-electron chi connectivity index (χ3n) is 4.36. The van der Waals surface area contributed by atoms with E-state index in [1.54, 1.807) is 6.33 Å². The average molecular weight is 312 g/mol. The molecular weight excluding hydrogens is 288 g/mol. The van der Waals surface area contributed by atoms with Gasteiger partial charge in [-0.1, -0.05) is 43.2 Å². The fourth-order valence-corrected chi connectivity index (χ4v) is 3.09. The van der Waals surface area contributed by atoms with E-state index in [0.29, 0.717) is 12.5 Å². The minimum atomic E-state index is -0.532. The Labute approximate surface area is 136 Å². The van der Waals surface area contributed by atoms with Gasteiger partial charge >= 0.3 is 0 Å². The first-order valence-corrected chi connectivity index (χ1v) is 8.31. The van der Waals surface area contributed by atoms with Crippen molar-refractivity contribution >= 4 is 5.91 Å². The molecule has 1 aliphatic rings. The average Bonchev–Trinajstić information content (AvgIpc) is 3.20. The Morgan fingerprint density at radius 2 is 2.04 bits per heavy atom. The Morgan fingerprint density at radius 1 is 1.30 bits per heavy atom. The van der Waals surface area contributed by atoms with Crippen LogP contribution in [0.5, 0.6) is 0 Å². The van der Waals surface area contributed by atoms with Crippen molar-refractivity contribution in [2.45, 2.75) is 50.7 Å². The van der Waals surface area contributed by atoms with E-state index in [0.717, 1.165) is 25.1 Å². The van der Waals surface area contributed by atoms with Gasteiger partial charge in [0.25, 0.3) is 0 Å². The van der Waals surface area contributed by atoms with Crippen molar-refractivity contribution in [2.24, 2.45) is 5.73 Å². The van der Waals surface area contributed by atoms with Crippen LogP contribution in [-0.2, 0) is 17.8 Å². The van der Waals surface area contributed by atoms with Crippen LogP contribution in [0.15, 0.2) is 42.9 Å². The molecule has 1 heterocycles. The summed E-state index contributed by atoms with van der Waals surface area (Å²) in [6.45, 7) is 0.775. The van der Waals surface area contributed by atoms with Gasteiger partial charge < -0.3 is 15.6 Å². The lowest BCUT2D eigenvalue weighted by molar-refractivity contribution is -0.123. The third kappa shape index (κ3) is 4.42. The normalized spacial score (nSPS) is 16.4. The minimum Gasteiger partial charge on any atom is -0.352 e. The maximum Gasteiger partial charge on any atom is 0.237 e. The van der Waals surface area contributed by atoms with Crippen LogP contribution < -0.4 is 11.1 Å². The van der Waals surface area contributed by atoms with Gasteiger partial charge in [0, 0.05) is 25.2 Å². The van der Waals surface area contributed by atoms with E-state index in [9.17, 15) is 4.79 Å². The molecule has 1 fully saturated rings. The largest absolute Gasteiger partial charge is 0.352 e. The Morgan fingerprint density at radius 3 is 2.78 bits per heavy atom. The first-order valence-electron chi connectivity index (χ1n) is 8.31. The molecule has 0 bridgehead atoms. The molecule has 0 spiro atoms. The molecule has 1 aliphatic carbocycles. The van der Waals surface area contributed by atoms with Gasteiger partial charge in [-0.2, -0.15) is 0 Å². The number of nitrogens with two attached hydrogens (primary N) is 1. The monoisotopic (exact) mass is 312 g/mol. The first-order chi connectivity index (χ1) is 11.2.